The molecule has 2 aliphatic rings. The van der Waals surface area contributed by atoms with Crippen LogP contribution in [0.1, 0.15) is 32.6 Å². The third-order valence-corrected chi connectivity index (χ3v) is 5.27. The number of ether oxygens (including phenoxy) is 2. The highest BCUT2D eigenvalue weighted by Gasteiger charge is 2.24. The quantitative estimate of drug-likeness (QED) is 0.890. The fraction of sp³-hybridized carbons (Fsp3) is 0.550. The summed E-state index contributed by atoms with van der Waals surface area (Å²) < 4.78 is 11.8. The predicted octanol–water partition coefficient (Wildman–Crippen LogP) is 2.29. The summed E-state index contributed by atoms with van der Waals surface area (Å²) in [6.07, 6.45) is 7.29. The van der Waals surface area contributed by atoms with Gasteiger partial charge in [-0.05, 0) is 31.7 Å². The minimum absolute atomic E-state index is 0.0406. The lowest BCUT2D eigenvalue weighted by Crippen LogP contribution is -2.38. The van der Waals surface area contributed by atoms with E-state index in [0.29, 0.717) is 0 Å². The molecule has 7 nitrogen and oxygen atoms in total. The zero-order valence-corrected chi connectivity index (χ0v) is 15.7. The van der Waals surface area contributed by atoms with Gasteiger partial charge in [0.15, 0.2) is 0 Å². The van der Waals surface area contributed by atoms with E-state index in [4.69, 9.17) is 9.47 Å². The van der Waals surface area contributed by atoms with Crippen LogP contribution in [0.4, 0.5) is 5.69 Å². The van der Waals surface area contributed by atoms with Crippen molar-refractivity contribution >= 4 is 22.6 Å². The average Bonchev–Trinajstić information content (AvgIpc) is 2.70. The van der Waals surface area contributed by atoms with Crippen LogP contribution in [0, 0.1) is 0 Å². The molecule has 1 amide bonds. The maximum atomic E-state index is 11.2. The van der Waals surface area contributed by atoms with Crippen LogP contribution in [0.15, 0.2) is 24.5 Å². The molecule has 27 heavy (non-hydrogen) atoms. The van der Waals surface area contributed by atoms with Gasteiger partial charge in [-0.15, -0.1) is 0 Å². The summed E-state index contributed by atoms with van der Waals surface area (Å²) in [5, 5.41) is 3.01. The Morgan fingerprint density at radius 2 is 1.89 bits per heavy atom. The molecule has 4 rings (SSSR count). The molecule has 1 aromatic heterocycles. The standard InChI is InChI=1S/C20H26N4O3/c1-14(25)23-15-2-4-17(5-3-15)27-19-13-16(24-8-10-26-11-9-24)12-18-20(19)22-7-6-21-18/h6-7,12-13,15,17H,2-5,8-11H2,1H3,(H,23,25). The fourth-order valence-corrected chi connectivity index (χ4v) is 3.91. The summed E-state index contributed by atoms with van der Waals surface area (Å²) >= 11 is 0. The number of carbonyl (C=O) groups is 1. The minimum Gasteiger partial charge on any atom is -0.488 e. The van der Waals surface area contributed by atoms with E-state index < -0.39 is 0 Å². The molecule has 1 aliphatic carbocycles. The Labute approximate surface area is 159 Å². The third kappa shape index (κ3) is 4.30. The van der Waals surface area contributed by atoms with Gasteiger partial charge in [0.05, 0.1) is 24.8 Å². The van der Waals surface area contributed by atoms with Crippen molar-refractivity contribution in [2.24, 2.45) is 0 Å². The van der Waals surface area contributed by atoms with Crippen LogP contribution in [0.3, 0.4) is 0 Å². The van der Waals surface area contributed by atoms with E-state index in [-0.39, 0.29) is 18.1 Å². The Kier molecular flexibility index (Phi) is 5.38. The molecular formula is C20H26N4O3. The van der Waals surface area contributed by atoms with Gasteiger partial charge >= 0.3 is 0 Å². The normalized spacial score (nSPS) is 23.2. The van der Waals surface area contributed by atoms with Gasteiger partial charge in [0, 0.05) is 50.2 Å². The largest absolute Gasteiger partial charge is 0.488 e. The Morgan fingerprint density at radius 1 is 1.15 bits per heavy atom. The molecule has 1 saturated heterocycles. The summed E-state index contributed by atoms with van der Waals surface area (Å²) in [7, 11) is 0. The van der Waals surface area contributed by atoms with Crippen LogP contribution in [0.25, 0.3) is 11.0 Å². The zero-order valence-electron chi connectivity index (χ0n) is 15.7. The molecule has 144 valence electrons. The number of rotatable bonds is 4. The van der Waals surface area contributed by atoms with Crippen LogP contribution in [-0.4, -0.2) is 54.3 Å². The number of nitrogens with zero attached hydrogens (tertiary/aromatic N) is 3. The lowest BCUT2D eigenvalue weighted by atomic mass is 9.93. The van der Waals surface area contributed by atoms with Crippen LogP contribution in [0.2, 0.25) is 0 Å². The topological polar surface area (TPSA) is 76.6 Å². The molecule has 2 heterocycles. The first kappa shape index (κ1) is 18.0. The number of hydrogen-bond acceptors (Lipinski definition) is 6. The van der Waals surface area contributed by atoms with E-state index in [1.54, 1.807) is 19.3 Å². The second-order valence-corrected chi connectivity index (χ2v) is 7.26. The number of carbonyl (C=O) groups excluding carboxylic acids is 1. The van der Waals surface area contributed by atoms with Crippen LogP contribution >= 0.6 is 0 Å². The molecule has 0 bridgehead atoms. The molecule has 0 atom stereocenters. The first-order chi connectivity index (χ1) is 13.2. The van der Waals surface area contributed by atoms with Gasteiger partial charge < -0.3 is 19.7 Å². The number of amides is 1. The van der Waals surface area contributed by atoms with Crippen molar-refractivity contribution in [2.75, 3.05) is 31.2 Å². The molecular weight excluding hydrogens is 344 g/mol. The summed E-state index contributed by atoms with van der Waals surface area (Å²) in [6.45, 7) is 4.79. The van der Waals surface area contributed by atoms with Crippen molar-refractivity contribution < 1.29 is 14.3 Å². The molecule has 2 fully saturated rings. The SMILES string of the molecule is CC(=O)NC1CCC(Oc2cc(N3CCOCC3)cc3nccnc23)CC1. The monoisotopic (exact) mass is 370 g/mol. The summed E-state index contributed by atoms with van der Waals surface area (Å²) in [6, 6.07) is 4.43. The van der Waals surface area contributed by atoms with Crippen molar-refractivity contribution in [3.63, 3.8) is 0 Å². The van der Waals surface area contributed by atoms with Crippen molar-refractivity contribution in [3.8, 4) is 5.75 Å². The summed E-state index contributed by atoms with van der Waals surface area (Å²) in [5.41, 5.74) is 2.76. The number of morpholine rings is 1. The van der Waals surface area contributed by atoms with Crippen LogP contribution < -0.4 is 15.0 Å². The molecule has 1 aliphatic heterocycles. The number of aromatic nitrogens is 2. The lowest BCUT2D eigenvalue weighted by molar-refractivity contribution is -0.120. The van der Waals surface area contributed by atoms with Gasteiger partial charge in [-0.2, -0.15) is 0 Å². The average molecular weight is 370 g/mol. The van der Waals surface area contributed by atoms with Crippen molar-refractivity contribution in [1.82, 2.24) is 15.3 Å². The molecule has 1 aromatic carbocycles. The zero-order chi connectivity index (χ0) is 18.6. The Balaban J connectivity index is 1.53. The lowest BCUT2D eigenvalue weighted by Gasteiger charge is -2.31. The van der Waals surface area contributed by atoms with Crippen LogP contribution in [0.5, 0.6) is 5.75 Å². The Bertz CT molecular complexity index is 799. The van der Waals surface area contributed by atoms with Crippen molar-refractivity contribution in [3.05, 3.63) is 24.5 Å². The smallest absolute Gasteiger partial charge is 0.217 e. The second-order valence-electron chi connectivity index (χ2n) is 7.26. The first-order valence-electron chi connectivity index (χ1n) is 9.70. The molecule has 1 N–H and O–H groups in total. The van der Waals surface area contributed by atoms with Crippen molar-refractivity contribution in [1.29, 1.82) is 0 Å². The van der Waals surface area contributed by atoms with Gasteiger partial charge in [-0.25, -0.2) is 4.98 Å². The molecule has 0 unspecified atom stereocenters. The fourth-order valence-electron chi connectivity index (χ4n) is 3.91. The predicted molar refractivity (Wildman–Crippen MR) is 103 cm³/mol. The number of nitrogens with one attached hydrogen (secondary N) is 1. The number of fused-ring (bicyclic) bond motifs is 1. The highest BCUT2D eigenvalue weighted by atomic mass is 16.5. The van der Waals surface area contributed by atoms with Gasteiger partial charge in [0.25, 0.3) is 0 Å². The van der Waals surface area contributed by atoms with E-state index in [9.17, 15) is 4.79 Å². The minimum atomic E-state index is 0.0406. The number of anilines is 1. The maximum absolute atomic E-state index is 11.2. The Morgan fingerprint density at radius 3 is 2.63 bits per heavy atom. The van der Waals surface area contributed by atoms with Crippen molar-refractivity contribution in [2.45, 2.75) is 44.8 Å². The first-order valence-corrected chi connectivity index (χ1v) is 9.70. The molecule has 2 aromatic rings. The van der Waals surface area contributed by atoms with E-state index in [1.807, 2.05) is 0 Å². The van der Waals surface area contributed by atoms with E-state index in [0.717, 1.165) is 74.5 Å². The summed E-state index contributed by atoms with van der Waals surface area (Å²) in [5.74, 6) is 0.837. The number of benzene rings is 1. The van der Waals surface area contributed by atoms with E-state index in [2.05, 4.69) is 32.3 Å². The molecule has 7 heteroatoms. The second kappa shape index (κ2) is 8.08. The highest BCUT2D eigenvalue weighted by Crippen LogP contribution is 2.32. The van der Waals surface area contributed by atoms with Gasteiger partial charge in [-0.3, -0.25) is 9.78 Å². The molecule has 0 radical (unpaired) electrons. The van der Waals surface area contributed by atoms with E-state index >= 15 is 0 Å². The Hall–Kier alpha value is -2.41. The maximum Gasteiger partial charge on any atom is 0.217 e. The number of hydrogen-bond donors (Lipinski definition) is 1. The van der Waals surface area contributed by atoms with Gasteiger partial charge in [0.1, 0.15) is 11.3 Å². The van der Waals surface area contributed by atoms with Gasteiger partial charge in [0.2, 0.25) is 5.91 Å². The third-order valence-electron chi connectivity index (χ3n) is 5.27. The molecule has 0 spiro atoms. The van der Waals surface area contributed by atoms with E-state index in [1.165, 1.54) is 0 Å². The molecule has 1 saturated carbocycles. The summed E-state index contributed by atoms with van der Waals surface area (Å²) in [4.78, 5) is 22.5. The highest BCUT2D eigenvalue weighted by molar-refractivity contribution is 5.85. The van der Waals surface area contributed by atoms with Gasteiger partial charge in [-0.1, -0.05) is 0 Å². The van der Waals surface area contributed by atoms with Crippen LogP contribution in [-0.2, 0) is 9.53 Å².